The minimum absolute atomic E-state index is 0.0224. The molecule has 1 N–H and O–H groups in total. The molecule has 2 aliphatic rings. The third-order valence-electron chi connectivity index (χ3n) is 4.21. The van der Waals surface area contributed by atoms with Gasteiger partial charge >= 0.3 is 0 Å². The van der Waals surface area contributed by atoms with Gasteiger partial charge in [0.25, 0.3) is 0 Å². The molecule has 2 aliphatic heterocycles. The lowest BCUT2D eigenvalue weighted by Gasteiger charge is -2.41. The Morgan fingerprint density at radius 1 is 1.17 bits per heavy atom. The van der Waals surface area contributed by atoms with Gasteiger partial charge in [-0.1, -0.05) is 0 Å². The Morgan fingerprint density at radius 2 is 1.83 bits per heavy atom. The molecular weight excluding hydrogens is 230 g/mol. The summed E-state index contributed by atoms with van der Waals surface area (Å²) in [5, 5.41) is 2.69. The molecule has 2 saturated heterocycles. The standard InChI is InChI=1S/C13H23N3O2/c1-13(2,12(18)14-3)16-9-4-6-10(16)11(17)15-7-5-8-15/h10H,4-9H2,1-3H3,(H,14,18)/t10-/m0/s1. The van der Waals surface area contributed by atoms with Crippen molar-refractivity contribution < 1.29 is 9.59 Å². The first kappa shape index (κ1) is 13.3. The Morgan fingerprint density at radius 3 is 2.33 bits per heavy atom. The van der Waals surface area contributed by atoms with Crippen LogP contribution < -0.4 is 5.32 Å². The summed E-state index contributed by atoms with van der Waals surface area (Å²) in [6.07, 6.45) is 2.97. The van der Waals surface area contributed by atoms with Crippen molar-refractivity contribution in [2.45, 2.75) is 44.7 Å². The van der Waals surface area contributed by atoms with Crippen molar-refractivity contribution in [2.24, 2.45) is 0 Å². The van der Waals surface area contributed by atoms with Crippen molar-refractivity contribution in [1.29, 1.82) is 0 Å². The molecule has 0 spiro atoms. The molecule has 0 radical (unpaired) electrons. The third kappa shape index (κ3) is 2.11. The van der Waals surface area contributed by atoms with Gasteiger partial charge in [-0.15, -0.1) is 0 Å². The van der Waals surface area contributed by atoms with E-state index in [0.717, 1.165) is 38.9 Å². The minimum Gasteiger partial charge on any atom is -0.358 e. The molecule has 18 heavy (non-hydrogen) atoms. The maximum absolute atomic E-state index is 12.3. The van der Waals surface area contributed by atoms with Gasteiger partial charge in [-0.2, -0.15) is 0 Å². The normalized spacial score (nSPS) is 24.8. The molecule has 0 aromatic heterocycles. The lowest BCUT2D eigenvalue weighted by atomic mass is 9.99. The average molecular weight is 253 g/mol. The minimum atomic E-state index is -0.615. The molecule has 0 saturated carbocycles. The maximum Gasteiger partial charge on any atom is 0.239 e. The second-order valence-electron chi connectivity index (χ2n) is 5.67. The summed E-state index contributed by atoms with van der Waals surface area (Å²) >= 11 is 0. The van der Waals surface area contributed by atoms with E-state index in [1.807, 2.05) is 18.7 Å². The second-order valence-corrected chi connectivity index (χ2v) is 5.67. The average Bonchev–Trinajstić information content (AvgIpc) is 2.74. The Labute approximate surface area is 108 Å². The van der Waals surface area contributed by atoms with Gasteiger partial charge in [-0.3, -0.25) is 14.5 Å². The van der Waals surface area contributed by atoms with Crippen LogP contribution in [0.3, 0.4) is 0 Å². The van der Waals surface area contributed by atoms with Crippen LogP contribution in [-0.2, 0) is 9.59 Å². The Bertz CT molecular complexity index is 350. The molecule has 2 heterocycles. The van der Waals surface area contributed by atoms with E-state index in [2.05, 4.69) is 10.2 Å². The van der Waals surface area contributed by atoms with Gasteiger partial charge < -0.3 is 10.2 Å². The van der Waals surface area contributed by atoms with Gasteiger partial charge in [0.2, 0.25) is 11.8 Å². The fourth-order valence-corrected chi connectivity index (χ4v) is 2.88. The monoisotopic (exact) mass is 253 g/mol. The molecule has 0 aromatic rings. The van der Waals surface area contributed by atoms with Crippen LogP contribution in [0.2, 0.25) is 0 Å². The van der Waals surface area contributed by atoms with E-state index in [1.165, 1.54) is 0 Å². The number of carbonyl (C=O) groups excluding carboxylic acids is 2. The third-order valence-corrected chi connectivity index (χ3v) is 4.21. The number of hydrogen-bond acceptors (Lipinski definition) is 3. The van der Waals surface area contributed by atoms with Gasteiger partial charge in [0.05, 0.1) is 11.6 Å². The number of amides is 2. The largest absolute Gasteiger partial charge is 0.358 e. The van der Waals surface area contributed by atoms with Crippen molar-refractivity contribution in [1.82, 2.24) is 15.1 Å². The summed E-state index contributed by atoms with van der Waals surface area (Å²) in [7, 11) is 1.65. The highest BCUT2D eigenvalue weighted by Crippen LogP contribution is 2.29. The molecule has 102 valence electrons. The summed E-state index contributed by atoms with van der Waals surface area (Å²) in [5.41, 5.74) is -0.615. The van der Waals surface area contributed by atoms with Crippen molar-refractivity contribution in [3.8, 4) is 0 Å². The first-order valence-electron chi connectivity index (χ1n) is 6.76. The van der Waals surface area contributed by atoms with Gasteiger partial charge in [-0.25, -0.2) is 0 Å². The van der Waals surface area contributed by atoms with Crippen molar-refractivity contribution >= 4 is 11.8 Å². The molecule has 0 bridgehead atoms. The summed E-state index contributed by atoms with van der Waals surface area (Å²) in [6.45, 7) is 6.37. The van der Waals surface area contributed by atoms with E-state index in [-0.39, 0.29) is 17.9 Å². The van der Waals surface area contributed by atoms with E-state index >= 15 is 0 Å². The van der Waals surface area contributed by atoms with E-state index in [9.17, 15) is 9.59 Å². The molecule has 0 aliphatic carbocycles. The molecular formula is C13H23N3O2. The van der Waals surface area contributed by atoms with Gasteiger partial charge in [0.15, 0.2) is 0 Å². The number of rotatable bonds is 3. The summed E-state index contributed by atoms with van der Waals surface area (Å²) in [6, 6.07) is -0.113. The van der Waals surface area contributed by atoms with Crippen LogP contribution in [0.15, 0.2) is 0 Å². The van der Waals surface area contributed by atoms with Crippen LogP contribution in [0.4, 0.5) is 0 Å². The van der Waals surface area contributed by atoms with E-state index in [1.54, 1.807) is 7.05 Å². The lowest BCUT2D eigenvalue weighted by molar-refractivity contribution is -0.144. The number of nitrogens with zero attached hydrogens (tertiary/aromatic N) is 2. The van der Waals surface area contributed by atoms with Crippen molar-refractivity contribution in [3.63, 3.8) is 0 Å². The van der Waals surface area contributed by atoms with E-state index < -0.39 is 5.54 Å². The number of likely N-dealkylation sites (N-methyl/N-ethyl adjacent to an activating group) is 1. The lowest BCUT2D eigenvalue weighted by Crippen LogP contribution is -2.60. The zero-order chi connectivity index (χ0) is 13.3. The number of nitrogens with one attached hydrogen (secondary N) is 1. The zero-order valence-corrected chi connectivity index (χ0v) is 11.5. The van der Waals surface area contributed by atoms with Crippen molar-refractivity contribution in [3.05, 3.63) is 0 Å². The van der Waals surface area contributed by atoms with Gasteiger partial charge in [-0.05, 0) is 33.1 Å². The highest BCUT2D eigenvalue weighted by molar-refractivity contribution is 5.88. The summed E-state index contributed by atoms with van der Waals surface area (Å²) < 4.78 is 0. The van der Waals surface area contributed by atoms with E-state index in [0.29, 0.717) is 0 Å². The Hall–Kier alpha value is -1.10. The topological polar surface area (TPSA) is 52.7 Å². The Kier molecular flexibility index (Phi) is 3.61. The highest BCUT2D eigenvalue weighted by Gasteiger charge is 2.45. The van der Waals surface area contributed by atoms with Crippen LogP contribution in [0.5, 0.6) is 0 Å². The second kappa shape index (κ2) is 4.88. The predicted molar refractivity (Wildman–Crippen MR) is 69.1 cm³/mol. The SMILES string of the molecule is CNC(=O)C(C)(C)N1CCC[C@H]1C(=O)N1CCC1. The molecule has 5 heteroatoms. The number of likely N-dealkylation sites (tertiary alicyclic amines) is 2. The van der Waals surface area contributed by atoms with Crippen molar-refractivity contribution in [2.75, 3.05) is 26.7 Å². The maximum atomic E-state index is 12.3. The Balaban J connectivity index is 2.11. The molecule has 0 unspecified atom stereocenters. The first-order valence-corrected chi connectivity index (χ1v) is 6.76. The van der Waals surface area contributed by atoms with Crippen LogP contribution in [0, 0.1) is 0 Å². The smallest absolute Gasteiger partial charge is 0.239 e. The fourth-order valence-electron chi connectivity index (χ4n) is 2.88. The zero-order valence-electron chi connectivity index (χ0n) is 11.5. The predicted octanol–water partition coefficient (Wildman–Crippen LogP) is 0.208. The molecule has 2 fully saturated rings. The number of hydrogen-bond donors (Lipinski definition) is 1. The van der Waals surface area contributed by atoms with Crippen LogP contribution >= 0.6 is 0 Å². The quantitative estimate of drug-likeness (QED) is 0.782. The van der Waals surface area contributed by atoms with E-state index in [4.69, 9.17) is 0 Å². The van der Waals surface area contributed by atoms with Gasteiger partial charge in [0.1, 0.15) is 0 Å². The summed E-state index contributed by atoms with van der Waals surface area (Å²) in [4.78, 5) is 28.3. The molecule has 2 amide bonds. The number of carbonyl (C=O) groups is 2. The van der Waals surface area contributed by atoms with Gasteiger partial charge in [0, 0.05) is 26.7 Å². The molecule has 5 nitrogen and oxygen atoms in total. The fraction of sp³-hybridized carbons (Fsp3) is 0.846. The van der Waals surface area contributed by atoms with Crippen LogP contribution in [0.1, 0.15) is 33.1 Å². The summed E-state index contributed by atoms with van der Waals surface area (Å²) in [5.74, 6) is 0.182. The molecule has 2 rings (SSSR count). The first-order chi connectivity index (χ1) is 8.48. The highest BCUT2D eigenvalue weighted by atomic mass is 16.2. The van der Waals surface area contributed by atoms with Crippen LogP contribution in [0.25, 0.3) is 0 Å². The van der Waals surface area contributed by atoms with Crippen LogP contribution in [-0.4, -0.2) is 59.9 Å². The molecule has 1 atom stereocenters. The molecule has 0 aromatic carbocycles.